The molecule has 0 heterocycles. The minimum atomic E-state index is -0.518. The van der Waals surface area contributed by atoms with Crippen molar-refractivity contribution < 1.29 is 9.59 Å². The molecule has 92 valence electrons. The molecule has 0 aliphatic rings. The average Bonchev–Trinajstić information content (AvgIpc) is 2.28. The Labute approximate surface area is 113 Å². The van der Waals surface area contributed by atoms with Crippen LogP contribution in [0.15, 0.2) is 28.7 Å². The quantitative estimate of drug-likeness (QED) is 0.837. The van der Waals surface area contributed by atoms with Gasteiger partial charge in [0.15, 0.2) is 0 Å². The zero-order valence-electron chi connectivity index (χ0n) is 9.00. The molecule has 1 aromatic rings. The number of hydrogen-bond donors (Lipinski definition) is 2. The largest absolute Gasteiger partial charge is 0.334 e. The number of rotatable bonds is 4. The molecule has 3 amide bonds. The van der Waals surface area contributed by atoms with Gasteiger partial charge < -0.3 is 5.32 Å². The van der Waals surface area contributed by atoms with Crippen LogP contribution in [-0.2, 0) is 11.3 Å². The van der Waals surface area contributed by atoms with Gasteiger partial charge >= 0.3 is 6.03 Å². The van der Waals surface area contributed by atoms with E-state index in [2.05, 4.69) is 26.6 Å². The number of hydrogen-bond acceptors (Lipinski definition) is 2. The van der Waals surface area contributed by atoms with Crippen LogP contribution in [0.2, 0.25) is 0 Å². The summed E-state index contributed by atoms with van der Waals surface area (Å²) in [5.74, 6) is -0.187. The Kier molecular flexibility index (Phi) is 6.00. The van der Waals surface area contributed by atoms with Crippen molar-refractivity contribution in [3.8, 4) is 0 Å². The van der Waals surface area contributed by atoms with E-state index in [1.165, 1.54) is 0 Å². The van der Waals surface area contributed by atoms with Gasteiger partial charge in [-0.15, -0.1) is 11.6 Å². The molecule has 0 saturated carbocycles. The second-order valence-corrected chi connectivity index (χ2v) is 4.49. The van der Waals surface area contributed by atoms with Crippen LogP contribution in [0.3, 0.4) is 0 Å². The first-order valence-corrected chi connectivity index (χ1v) is 6.33. The molecule has 17 heavy (non-hydrogen) atoms. The van der Waals surface area contributed by atoms with Crippen molar-refractivity contribution >= 4 is 39.5 Å². The molecule has 0 aliphatic heterocycles. The number of urea groups is 1. The summed E-state index contributed by atoms with van der Waals surface area (Å²) >= 11 is 8.74. The lowest BCUT2D eigenvalue weighted by Gasteiger charge is -2.07. The molecule has 2 N–H and O–H groups in total. The highest BCUT2D eigenvalue weighted by Crippen LogP contribution is 2.15. The topological polar surface area (TPSA) is 58.2 Å². The standard InChI is InChI=1S/C11H12BrClN2O2/c12-9-4-2-1-3-8(9)7-14-11(17)15-10(16)5-6-13/h1-4H,5-7H2,(H2,14,15,16,17). The van der Waals surface area contributed by atoms with Crippen molar-refractivity contribution in [1.29, 1.82) is 0 Å². The summed E-state index contributed by atoms with van der Waals surface area (Å²) in [6, 6.07) is 7.00. The normalized spacial score (nSPS) is 9.76. The van der Waals surface area contributed by atoms with E-state index in [1.54, 1.807) is 0 Å². The summed E-state index contributed by atoms with van der Waals surface area (Å²) in [4.78, 5) is 22.4. The summed E-state index contributed by atoms with van der Waals surface area (Å²) in [6.45, 7) is 0.349. The van der Waals surface area contributed by atoms with E-state index in [-0.39, 0.29) is 18.2 Å². The van der Waals surface area contributed by atoms with Crippen molar-refractivity contribution in [2.24, 2.45) is 0 Å². The van der Waals surface area contributed by atoms with Gasteiger partial charge in [0.05, 0.1) is 0 Å². The number of halogens is 2. The summed E-state index contributed by atoms with van der Waals surface area (Å²) in [6.07, 6.45) is 0.129. The van der Waals surface area contributed by atoms with E-state index < -0.39 is 6.03 Å². The summed E-state index contributed by atoms with van der Waals surface area (Å²) < 4.78 is 0.910. The van der Waals surface area contributed by atoms with Crippen molar-refractivity contribution in [2.45, 2.75) is 13.0 Å². The highest BCUT2D eigenvalue weighted by Gasteiger charge is 2.06. The number of benzene rings is 1. The van der Waals surface area contributed by atoms with Crippen LogP contribution in [-0.4, -0.2) is 17.8 Å². The molecule has 0 spiro atoms. The fourth-order valence-corrected chi connectivity index (χ4v) is 1.73. The van der Waals surface area contributed by atoms with E-state index in [4.69, 9.17) is 11.6 Å². The third-order valence-corrected chi connectivity index (χ3v) is 2.93. The maximum absolute atomic E-state index is 11.3. The molecular formula is C11H12BrClN2O2. The highest BCUT2D eigenvalue weighted by atomic mass is 79.9. The van der Waals surface area contributed by atoms with Gasteiger partial charge in [0.25, 0.3) is 0 Å². The molecule has 0 saturated heterocycles. The van der Waals surface area contributed by atoms with Gasteiger partial charge in [-0.1, -0.05) is 34.1 Å². The monoisotopic (exact) mass is 318 g/mol. The SMILES string of the molecule is O=C(CCCl)NC(=O)NCc1ccccc1Br. The van der Waals surface area contributed by atoms with Crippen molar-refractivity contribution in [3.63, 3.8) is 0 Å². The van der Waals surface area contributed by atoms with Crippen molar-refractivity contribution in [2.75, 3.05) is 5.88 Å². The number of amides is 3. The summed E-state index contributed by atoms with van der Waals surface area (Å²) in [7, 11) is 0. The number of nitrogens with one attached hydrogen (secondary N) is 2. The fourth-order valence-electron chi connectivity index (χ4n) is 1.14. The van der Waals surface area contributed by atoms with Gasteiger partial charge in [-0.25, -0.2) is 4.79 Å². The lowest BCUT2D eigenvalue weighted by molar-refractivity contribution is -0.119. The first-order valence-electron chi connectivity index (χ1n) is 5.00. The Morgan fingerprint density at radius 2 is 2.00 bits per heavy atom. The Balaban J connectivity index is 2.38. The Bertz CT molecular complexity index is 412. The van der Waals surface area contributed by atoms with Crippen LogP contribution in [0.4, 0.5) is 4.79 Å². The van der Waals surface area contributed by atoms with Gasteiger partial charge in [-0.3, -0.25) is 10.1 Å². The molecule has 0 bridgehead atoms. The minimum absolute atomic E-state index is 0.129. The number of carbonyl (C=O) groups is 2. The fraction of sp³-hybridized carbons (Fsp3) is 0.273. The van der Waals surface area contributed by atoms with Gasteiger partial charge in [-0.2, -0.15) is 0 Å². The van der Waals surface area contributed by atoms with Crippen LogP contribution in [0.5, 0.6) is 0 Å². The van der Waals surface area contributed by atoms with Crippen molar-refractivity contribution in [1.82, 2.24) is 10.6 Å². The van der Waals surface area contributed by atoms with Crippen LogP contribution >= 0.6 is 27.5 Å². The summed E-state index contributed by atoms with van der Waals surface area (Å²) in [5, 5.41) is 4.77. The number of imide groups is 1. The van der Waals surface area contributed by atoms with Crippen LogP contribution in [0.1, 0.15) is 12.0 Å². The van der Waals surface area contributed by atoms with E-state index in [9.17, 15) is 9.59 Å². The average molecular weight is 320 g/mol. The Morgan fingerprint density at radius 3 is 2.65 bits per heavy atom. The first-order chi connectivity index (χ1) is 8.13. The van der Waals surface area contributed by atoms with E-state index in [1.807, 2.05) is 24.3 Å². The maximum Gasteiger partial charge on any atom is 0.321 e. The second kappa shape index (κ2) is 7.29. The van der Waals surface area contributed by atoms with Gasteiger partial charge in [0.1, 0.15) is 0 Å². The number of carbonyl (C=O) groups excluding carboxylic acids is 2. The van der Waals surface area contributed by atoms with E-state index in [0.717, 1.165) is 10.0 Å². The van der Waals surface area contributed by atoms with Gasteiger partial charge in [0.2, 0.25) is 5.91 Å². The predicted octanol–water partition coefficient (Wildman–Crippen LogP) is 2.40. The zero-order valence-corrected chi connectivity index (χ0v) is 11.3. The van der Waals surface area contributed by atoms with Crippen molar-refractivity contribution in [3.05, 3.63) is 34.3 Å². The highest BCUT2D eigenvalue weighted by molar-refractivity contribution is 9.10. The molecule has 0 aromatic heterocycles. The minimum Gasteiger partial charge on any atom is -0.334 e. The van der Waals surface area contributed by atoms with Gasteiger partial charge in [-0.05, 0) is 11.6 Å². The van der Waals surface area contributed by atoms with Crippen LogP contribution < -0.4 is 10.6 Å². The third-order valence-electron chi connectivity index (χ3n) is 1.97. The lowest BCUT2D eigenvalue weighted by Crippen LogP contribution is -2.39. The molecule has 0 fully saturated rings. The molecule has 4 nitrogen and oxygen atoms in total. The Hall–Kier alpha value is -1.07. The van der Waals surface area contributed by atoms with E-state index >= 15 is 0 Å². The Morgan fingerprint density at radius 1 is 1.29 bits per heavy atom. The van der Waals surface area contributed by atoms with Crippen LogP contribution in [0.25, 0.3) is 0 Å². The van der Waals surface area contributed by atoms with Crippen LogP contribution in [0, 0.1) is 0 Å². The third kappa shape index (κ3) is 5.19. The molecule has 0 unspecified atom stereocenters. The summed E-state index contributed by atoms with van der Waals surface area (Å²) in [5.41, 5.74) is 0.937. The lowest BCUT2D eigenvalue weighted by atomic mass is 10.2. The molecule has 6 heteroatoms. The first kappa shape index (κ1) is 14.0. The molecule has 1 aromatic carbocycles. The molecule has 0 radical (unpaired) electrons. The smallest absolute Gasteiger partial charge is 0.321 e. The maximum atomic E-state index is 11.3. The molecule has 0 aliphatic carbocycles. The second-order valence-electron chi connectivity index (χ2n) is 3.26. The van der Waals surface area contributed by atoms with Gasteiger partial charge in [0, 0.05) is 23.3 Å². The molecule has 1 rings (SSSR count). The predicted molar refractivity (Wildman–Crippen MR) is 69.9 cm³/mol. The number of alkyl halides is 1. The molecular weight excluding hydrogens is 307 g/mol. The zero-order chi connectivity index (χ0) is 12.7. The molecule has 0 atom stereocenters. The van der Waals surface area contributed by atoms with E-state index in [0.29, 0.717) is 6.54 Å².